The van der Waals surface area contributed by atoms with Gasteiger partial charge in [-0.3, -0.25) is 0 Å². The molecule has 0 aromatic rings. The summed E-state index contributed by atoms with van der Waals surface area (Å²) in [6, 6.07) is 0. The maximum atomic E-state index is 9.74. The normalized spacial score (nSPS) is 21.3. The van der Waals surface area contributed by atoms with E-state index < -0.39 is 0 Å². The first-order valence-corrected chi connectivity index (χ1v) is 15.8. The largest absolute Gasteiger partial charge is 0.396 e. The van der Waals surface area contributed by atoms with Crippen molar-refractivity contribution in [2.45, 2.75) is 120 Å². The summed E-state index contributed by atoms with van der Waals surface area (Å²) >= 11 is 4.00. The predicted octanol–water partition coefficient (Wildman–Crippen LogP) is 10.0. The molecule has 1 unspecified atom stereocenters. The van der Waals surface area contributed by atoms with Crippen LogP contribution in [0.4, 0.5) is 0 Å². The van der Waals surface area contributed by atoms with Crippen molar-refractivity contribution in [2.24, 2.45) is 21.7 Å². The van der Waals surface area contributed by atoms with Crippen molar-refractivity contribution in [2.75, 3.05) is 13.2 Å². The first-order valence-electron chi connectivity index (χ1n) is 14.1. The summed E-state index contributed by atoms with van der Waals surface area (Å²) in [5.74, 6) is 0. The lowest BCUT2D eigenvalue weighted by atomic mass is 9.83. The minimum Gasteiger partial charge on any atom is -0.396 e. The van der Waals surface area contributed by atoms with E-state index in [-0.39, 0.29) is 34.9 Å². The molecule has 0 fully saturated rings. The summed E-state index contributed by atoms with van der Waals surface area (Å²) < 4.78 is 0. The molecule has 2 rings (SSSR count). The molecular weight excluding hydrogens is 480 g/mol. The molecule has 2 nitrogen and oxygen atoms in total. The standard InChI is InChI=1S/C32H54O2S2/c1-9-32(8,24-34)18-12-16-28-22-31(6,7)20-26(36-28)14-10-13-25-19-30(4,5)21-27(35-25)15-11-17-29(2,3)23-33/h19-22,33-34H,9-18,23-24H2,1-8H3. The van der Waals surface area contributed by atoms with E-state index in [1.54, 1.807) is 0 Å². The van der Waals surface area contributed by atoms with Crippen LogP contribution in [-0.2, 0) is 0 Å². The van der Waals surface area contributed by atoms with E-state index in [9.17, 15) is 10.2 Å². The lowest BCUT2D eigenvalue weighted by Gasteiger charge is -2.29. The molecule has 0 bridgehead atoms. The summed E-state index contributed by atoms with van der Waals surface area (Å²) in [5, 5.41) is 19.3. The highest BCUT2D eigenvalue weighted by Crippen LogP contribution is 2.46. The molecule has 0 aliphatic carbocycles. The SMILES string of the molecule is CCC(C)(CO)CCCC1=CC(C)(C)C=C(CCCC2=CC(C)(C)C=C(CCCC(C)(C)CO)S2)S1. The van der Waals surface area contributed by atoms with Crippen LogP contribution in [0.1, 0.15) is 120 Å². The summed E-state index contributed by atoms with van der Waals surface area (Å²) in [7, 11) is 0. The van der Waals surface area contributed by atoms with Gasteiger partial charge in [-0.15, -0.1) is 0 Å². The van der Waals surface area contributed by atoms with Gasteiger partial charge in [-0.25, -0.2) is 0 Å². The van der Waals surface area contributed by atoms with Gasteiger partial charge in [0.25, 0.3) is 0 Å². The van der Waals surface area contributed by atoms with Gasteiger partial charge in [0.05, 0.1) is 0 Å². The molecule has 0 saturated heterocycles. The molecule has 4 heteroatoms. The van der Waals surface area contributed by atoms with E-state index in [2.05, 4.69) is 79.7 Å². The number of rotatable bonds is 15. The Labute approximate surface area is 231 Å². The van der Waals surface area contributed by atoms with Gasteiger partial charge in [-0.1, -0.05) is 103 Å². The molecule has 1 atom stereocenters. The summed E-state index contributed by atoms with van der Waals surface area (Å²) in [6.45, 7) is 18.6. The lowest BCUT2D eigenvalue weighted by molar-refractivity contribution is 0.126. The summed E-state index contributed by atoms with van der Waals surface area (Å²) in [6.07, 6.45) is 21.1. The Morgan fingerprint density at radius 2 is 1.03 bits per heavy atom. The molecule has 2 N–H and O–H groups in total. The number of thioether (sulfide) groups is 2. The number of hydrogen-bond donors (Lipinski definition) is 2. The third-order valence-electron chi connectivity index (χ3n) is 7.65. The molecule has 36 heavy (non-hydrogen) atoms. The van der Waals surface area contributed by atoms with E-state index in [0.717, 1.165) is 57.8 Å². The second-order valence-electron chi connectivity index (χ2n) is 13.5. The second kappa shape index (κ2) is 13.6. The minimum atomic E-state index is 0.0229. The quantitative estimate of drug-likeness (QED) is 0.219. The smallest absolute Gasteiger partial charge is 0.0484 e. The molecule has 206 valence electrons. The molecule has 0 radical (unpaired) electrons. The van der Waals surface area contributed by atoms with Crippen LogP contribution in [-0.4, -0.2) is 23.4 Å². The van der Waals surface area contributed by atoms with Crippen LogP contribution in [0, 0.1) is 21.7 Å². The van der Waals surface area contributed by atoms with Gasteiger partial charge in [0.15, 0.2) is 0 Å². The Bertz CT molecular complexity index is 838. The molecule has 0 aromatic heterocycles. The van der Waals surface area contributed by atoms with Crippen molar-refractivity contribution in [1.29, 1.82) is 0 Å². The number of allylic oxidation sites excluding steroid dienone is 8. The zero-order chi connectivity index (χ0) is 27.0. The first kappa shape index (κ1) is 31.8. The van der Waals surface area contributed by atoms with Crippen LogP contribution in [0.2, 0.25) is 0 Å². The maximum Gasteiger partial charge on any atom is 0.0484 e. The average molecular weight is 535 g/mol. The molecule has 0 aromatic carbocycles. The Balaban J connectivity index is 1.86. The summed E-state index contributed by atoms with van der Waals surface area (Å²) in [4.78, 5) is 6.07. The predicted molar refractivity (Wildman–Crippen MR) is 163 cm³/mol. The Hall–Kier alpha value is -0.420. The van der Waals surface area contributed by atoms with Gasteiger partial charge in [-0.2, -0.15) is 0 Å². The fourth-order valence-corrected chi connectivity index (χ4v) is 8.11. The molecule has 0 saturated carbocycles. The van der Waals surface area contributed by atoms with Crippen LogP contribution < -0.4 is 0 Å². The second-order valence-corrected chi connectivity index (χ2v) is 16.0. The van der Waals surface area contributed by atoms with Gasteiger partial charge < -0.3 is 10.2 Å². The van der Waals surface area contributed by atoms with Crippen molar-refractivity contribution in [1.82, 2.24) is 0 Å². The number of aliphatic hydroxyl groups excluding tert-OH is 2. The van der Waals surface area contributed by atoms with Gasteiger partial charge in [0, 0.05) is 24.0 Å². The van der Waals surface area contributed by atoms with Crippen molar-refractivity contribution in [3.8, 4) is 0 Å². The average Bonchev–Trinajstić information content (AvgIpc) is 2.77. The molecule has 0 amide bonds. The highest BCUT2D eigenvalue weighted by molar-refractivity contribution is 8.07. The minimum absolute atomic E-state index is 0.0229. The topological polar surface area (TPSA) is 40.5 Å². The lowest BCUT2D eigenvalue weighted by Crippen LogP contribution is -2.20. The Morgan fingerprint density at radius 3 is 1.39 bits per heavy atom. The molecule has 2 heterocycles. The van der Waals surface area contributed by atoms with Crippen LogP contribution in [0.25, 0.3) is 0 Å². The summed E-state index contributed by atoms with van der Waals surface area (Å²) in [5.41, 5.74) is 0.339. The molecule has 0 spiro atoms. The van der Waals surface area contributed by atoms with E-state index in [0.29, 0.717) is 0 Å². The maximum absolute atomic E-state index is 9.74. The Morgan fingerprint density at radius 1 is 0.639 bits per heavy atom. The van der Waals surface area contributed by atoms with Crippen LogP contribution in [0.5, 0.6) is 0 Å². The zero-order valence-corrected chi connectivity index (χ0v) is 26.1. The van der Waals surface area contributed by atoms with Crippen LogP contribution in [0.3, 0.4) is 0 Å². The first-order chi connectivity index (χ1) is 16.7. The van der Waals surface area contributed by atoms with Crippen LogP contribution in [0.15, 0.2) is 43.9 Å². The van der Waals surface area contributed by atoms with Gasteiger partial charge in [0.1, 0.15) is 0 Å². The van der Waals surface area contributed by atoms with Crippen LogP contribution >= 0.6 is 23.5 Å². The highest BCUT2D eigenvalue weighted by atomic mass is 32.2. The molecule has 2 aliphatic rings. The highest BCUT2D eigenvalue weighted by Gasteiger charge is 2.25. The molecular formula is C32H54O2S2. The van der Waals surface area contributed by atoms with Crippen molar-refractivity contribution < 1.29 is 10.2 Å². The van der Waals surface area contributed by atoms with Crippen molar-refractivity contribution in [3.05, 3.63) is 43.9 Å². The van der Waals surface area contributed by atoms with Crippen molar-refractivity contribution in [3.63, 3.8) is 0 Å². The number of aliphatic hydroxyl groups is 2. The van der Waals surface area contributed by atoms with Gasteiger partial charge in [0.2, 0.25) is 0 Å². The Kier molecular flexibility index (Phi) is 12.0. The third-order valence-corrected chi connectivity index (χ3v) is 9.98. The van der Waals surface area contributed by atoms with E-state index in [1.165, 1.54) is 26.0 Å². The fraction of sp³-hybridized carbons (Fsp3) is 0.750. The van der Waals surface area contributed by atoms with E-state index in [1.807, 2.05) is 23.5 Å². The van der Waals surface area contributed by atoms with Crippen molar-refractivity contribution >= 4 is 23.5 Å². The third kappa shape index (κ3) is 11.1. The zero-order valence-electron chi connectivity index (χ0n) is 24.5. The van der Waals surface area contributed by atoms with Gasteiger partial charge in [-0.05, 0) is 94.7 Å². The van der Waals surface area contributed by atoms with E-state index >= 15 is 0 Å². The van der Waals surface area contributed by atoms with E-state index in [4.69, 9.17) is 0 Å². The van der Waals surface area contributed by atoms with Gasteiger partial charge >= 0.3 is 0 Å². The monoisotopic (exact) mass is 534 g/mol. The fourth-order valence-electron chi connectivity index (χ4n) is 5.00. The molecule has 2 aliphatic heterocycles. The number of hydrogen-bond acceptors (Lipinski definition) is 4.